The van der Waals surface area contributed by atoms with Crippen LogP contribution in [0.3, 0.4) is 0 Å². The molecule has 13 heteroatoms. The minimum Gasteiger partial charge on any atom is -0.462 e. The summed E-state index contributed by atoms with van der Waals surface area (Å²) >= 11 is 0. The Balaban J connectivity index is 1.47. The molecular weight excluding hydrogens is 638 g/mol. The number of allylic oxidation sites excluding steroid dienone is 4. The summed E-state index contributed by atoms with van der Waals surface area (Å²) in [5, 5.41) is 62.2. The molecule has 0 amide bonds. The first-order valence-corrected chi connectivity index (χ1v) is 17.3. The van der Waals surface area contributed by atoms with Gasteiger partial charge in [-0.2, -0.15) is 0 Å². The molecule has 11 atom stereocenters. The van der Waals surface area contributed by atoms with Crippen LogP contribution in [0.2, 0.25) is 0 Å². The van der Waals surface area contributed by atoms with Crippen molar-refractivity contribution in [3.05, 3.63) is 52.1 Å². The van der Waals surface area contributed by atoms with Crippen molar-refractivity contribution in [1.29, 1.82) is 0 Å². The topological polar surface area (TPSA) is 188 Å². The molecule has 4 fully saturated rings. The summed E-state index contributed by atoms with van der Waals surface area (Å²) in [6.07, 6.45) is -5.06. The van der Waals surface area contributed by atoms with Crippen molar-refractivity contribution in [3.63, 3.8) is 0 Å². The second-order valence-electron chi connectivity index (χ2n) is 14.1. The molecule has 0 spiro atoms. The van der Waals surface area contributed by atoms with Gasteiger partial charge >= 0.3 is 5.97 Å². The molecule has 1 aromatic carbocycles. The number of rotatable bonds is 13. The Hall–Kier alpha value is -2.43. The van der Waals surface area contributed by atoms with Crippen LogP contribution in [0.4, 0.5) is 0 Å². The normalized spacial score (nSPS) is 34.4. The average molecular weight is 692 g/mol. The van der Waals surface area contributed by atoms with Gasteiger partial charge in [-0.1, -0.05) is 23.3 Å². The third kappa shape index (κ3) is 8.73. The number of nitrogens with zero attached hydrogens (tertiary/aromatic N) is 1. The molecule has 4 saturated heterocycles. The standard InChI is InChI=1S/C36H53NO12/c1-19(2)7-9-21-14-24(34(44)45-18-23-11-13-37-12-5-6-25(23)37)15-22(10-8-20(3)4)32(21)48-36-33(30(42)28(40)26(16-38)47-36)49-35-31(43)29(41)27(17-39)46-35/h7-8,14-15,23,25-31,33,35-36,38-43H,5-6,9-13,16-18H2,1-4H3/t23-,25?,26+,27-,28+,29-,30-,31+,33+,35-,36-/m0/s1. The zero-order valence-corrected chi connectivity index (χ0v) is 28.8. The van der Waals surface area contributed by atoms with E-state index >= 15 is 0 Å². The fourth-order valence-electron chi connectivity index (χ4n) is 7.15. The number of benzene rings is 1. The van der Waals surface area contributed by atoms with Gasteiger partial charge in [0, 0.05) is 12.0 Å². The number of hydrogen-bond acceptors (Lipinski definition) is 13. The van der Waals surface area contributed by atoms with Gasteiger partial charge in [-0.25, -0.2) is 4.79 Å². The Morgan fingerprint density at radius 1 is 0.837 bits per heavy atom. The van der Waals surface area contributed by atoms with Gasteiger partial charge in [0.05, 0.1) is 25.4 Å². The van der Waals surface area contributed by atoms with Crippen molar-refractivity contribution in [3.8, 4) is 5.75 Å². The molecule has 274 valence electrons. The molecule has 0 aliphatic carbocycles. The fraction of sp³-hybridized carbons (Fsp3) is 0.694. The number of esters is 1. The van der Waals surface area contributed by atoms with E-state index in [4.69, 9.17) is 23.7 Å². The lowest BCUT2D eigenvalue weighted by Gasteiger charge is -2.43. The monoisotopic (exact) mass is 691 g/mol. The molecule has 0 bridgehead atoms. The van der Waals surface area contributed by atoms with E-state index in [2.05, 4.69) is 4.90 Å². The number of aliphatic hydroxyl groups is 6. The number of aliphatic hydroxyl groups excluding tert-OH is 6. The van der Waals surface area contributed by atoms with Crippen LogP contribution in [-0.4, -0.2) is 136 Å². The van der Waals surface area contributed by atoms with Gasteiger partial charge in [0.15, 0.2) is 12.4 Å². The number of carbonyl (C=O) groups is 1. The SMILES string of the molecule is CC(C)=CCc1cc(C(=O)OC[C@@H]2CCN3CCCC23)cc(CC=C(C)C)c1O[C@@H]1O[C@H](CO)[C@@H](O)[C@H](O)[C@H]1O[C@@H]1O[C@@H](CO)[C@H](O)[C@H]1O. The summed E-state index contributed by atoms with van der Waals surface area (Å²) in [6, 6.07) is 3.90. The largest absolute Gasteiger partial charge is 0.462 e. The highest BCUT2D eigenvalue weighted by molar-refractivity contribution is 5.90. The fourth-order valence-corrected chi connectivity index (χ4v) is 7.15. The number of carbonyl (C=O) groups excluding carboxylic acids is 1. The Kier molecular flexibility index (Phi) is 12.9. The average Bonchev–Trinajstić information content (AvgIpc) is 3.77. The Morgan fingerprint density at radius 3 is 2.02 bits per heavy atom. The van der Waals surface area contributed by atoms with Crippen LogP contribution in [0, 0.1) is 5.92 Å². The molecule has 1 unspecified atom stereocenters. The minimum absolute atomic E-state index is 0.308. The zero-order chi connectivity index (χ0) is 35.4. The summed E-state index contributed by atoms with van der Waals surface area (Å²) in [4.78, 5) is 16.1. The third-order valence-electron chi connectivity index (χ3n) is 9.96. The van der Waals surface area contributed by atoms with Crippen molar-refractivity contribution in [2.45, 2.75) is 121 Å². The molecule has 0 radical (unpaired) electrons. The van der Waals surface area contributed by atoms with Crippen molar-refractivity contribution < 1.29 is 59.1 Å². The molecule has 13 nitrogen and oxygen atoms in total. The summed E-state index contributed by atoms with van der Waals surface area (Å²) in [6.45, 7) is 9.07. The van der Waals surface area contributed by atoms with Crippen LogP contribution in [0.15, 0.2) is 35.4 Å². The molecule has 0 aromatic heterocycles. The maximum absolute atomic E-state index is 13.6. The van der Waals surface area contributed by atoms with Gasteiger partial charge in [-0.3, -0.25) is 4.90 Å². The molecule has 5 rings (SSSR count). The molecule has 49 heavy (non-hydrogen) atoms. The number of ether oxygens (including phenoxy) is 5. The van der Waals surface area contributed by atoms with Crippen LogP contribution >= 0.6 is 0 Å². The van der Waals surface area contributed by atoms with Crippen molar-refractivity contribution >= 4 is 5.97 Å². The number of hydrogen-bond donors (Lipinski definition) is 6. The number of fused-ring (bicyclic) bond motifs is 1. The van der Waals surface area contributed by atoms with E-state index in [9.17, 15) is 35.4 Å². The lowest BCUT2D eigenvalue weighted by atomic mass is 9.96. The van der Waals surface area contributed by atoms with E-state index in [1.807, 2.05) is 39.8 Å². The highest BCUT2D eigenvalue weighted by Crippen LogP contribution is 2.36. The van der Waals surface area contributed by atoms with Crippen molar-refractivity contribution in [2.75, 3.05) is 32.9 Å². The predicted octanol–water partition coefficient (Wildman–Crippen LogP) is 0.987. The van der Waals surface area contributed by atoms with E-state index in [0.717, 1.165) is 37.1 Å². The van der Waals surface area contributed by atoms with E-state index in [1.54, 1.807) is 12.1 Å². The lowest BCUT2D eigenvalue weighted by molar-refractivity contribution is -0.320. The Labute approximate surface area is 287 Å². The Morgan fingerprint density at radius 2 is 1.43 bits per heavy atom. The summed E-state index contributed by atoms with van der Waals surface area (Å²) < 4.78 is 29.7. The molecule has 4 aliphatic heterocycles. The van der Waals surface area contributed by atoms with Gasteiger partial charge in [0.25, 0.3) is 0 Å². The second kappa shape index (κ2) is 16.7. The predicted molar refractivity (Wildman–Crippen MR) is 177 cm³/mol. The van der Waals surface area contributed by atoms with E-state index in [1.165, 1.54) is 6.42 Å². The van der Waals surface area contributed by atoms with Crippen LogP contribution in [0.5, 0.6) is 5.75 Å². The quantitative estimate of drug-likeness (QED) is 0.127. The maximum Gasteiger partial charge on any atom is 0.338 e. The molecule has 4 aliphatic rings. The Bertz CT molecular complexity index is 1300. The molecule has 0 saturated carbocycles. The maximum atomic E-state index is 13.6. The third-order valence-corrected chi connectivity index (χ3v) is 9.96. The molecule has 6 N–H and O–H groups in total. The van der Waals surface area contributed by atoms with E-state index in [-0.39, 0.29) is 0 Å². The lowest BCUT2D eigenvalue weighted by Crippen LogP contribution is -2.62. The highest BCUT2D eigenvalue weighted by atomic mass is 16.8. The van der Waals surface area contributed by atoms with Gasteiger partial charge in [0.2, 0.25) is 6.29 Å². The van der Waals surface area contributed by atoms with Crippen LogP contribution < -0.4 is 4.74 Å². The summed E-state index contributed by atoms with van der Waals surface area (Å²) in [7, 11) is 0. The van der Waals surface area contributed by atoms with E-state index < -0.39 is 74.5 Å². The van der Waals surface area contributed by atoms with Crippen LogP contribution in [-0.2, 0) is 31.8 Å². The first-order chi connectivity index (χ1) is 23.4. The van der Waals surface area contributed by atoms with Crippen LogP contribution in [0.1, 0.15) is 68.4 Å². The summed E-state index contributed by atoms with van der Waals surface area (Å²) in [5.41, 5.74) is 3.70. The molecule has 1 aromatic rings. The summed E-state index contributed by atoms with van der Waals surface area (Å²) in [5.74, 6) is 0.226. The molecular formula is C36H53NO12. The van der Waals surface area contributed by atoms with Gasteiger partial charge in [-0.05, 0) is 96.1 Å². The first kappa shape index (κ1) is 37.8. The van der Waals surface area contributed by atoms with Gasteiger partial charge < -0.3 is 54.3 Å². The highest BCUT2D eigenvalue weighted by Gasteiger charge is 2.51. The van der Waals surface area contributed by atoms with E-state index in [0.29, 0.717) is 53.8 Å². The van der Waals surface area contributed by atoms with Crippen molar-refractivity contribution in [1.82, 2.24) is 4.90 Å². The first-order valence-electron chi connectivity index (χ1n) is 17.3. The minimum atomic E-state index is -1.67. The van der Waals surface area contributed by atoms with Crippen molar-refractivity contribution in [2.24, 2.45) is 5.92 Å². The molecule has 4 heterocycles. The smallest absolute Gasteiger partial charge is 0.338 e. The van der Waals surface area contributed by atoms with Crippen LogP contribution in [0.25, 0.3) is 0 Å². The zero-order valence-electron chi connectivity index (χ0n) is 28.8. The second-order valence-corrected chi connectivity index (χ2v) is 14.1. The van der Waals surface area contributed by atoms with Gasteiger partial charge in [-0.15, -0.1) is 0 Å². The van der Waals surface area contributed by atoms with Gasteiger partial charge in [0.1, 0.15) is 42.4 Å².